The Bertz CT molecular complexity index is 1200. The van der Waals surface area contributed by atoms with Gasteiger partial charge in [0.15, 0.2) is 11.6 Å². The summed E-state index contributed by atoms with van der Waals surface area (Å²) in [5.41, 5.74) is 15.3. The molecule has 0 saturated heterocycles. The van der Waals surface area contributed by atoms with E-state index in [1.54, 1.807) is 30.3 Å². The van der Waals surface area contributed by atoms with E-state index in [4.69, 9.17) is 11.5 Å². The van der Waals surface area contributed by atoms with E-state index < -0.39 is 0 Å². The predicted octanol–water partition coefficient (Wildman–Crippen LogP) is 3.47. The molecule has 5 heteroatoms. The zero-order chi connectivity index (χ0) is 19.3. The van der Waals surface area contributed by atoms with E-state index in [-0.39, 0.29) is 45.2 Å². The second kappa shape index (κ2) is 5.82. The standard InChI is InChI=1S/C22H15N3O2/c1-11-5-4-6-12(9-11)16-17-18(20(25)15(10-23)19(16)24)22(27)14-8-3-2-7-13(14)21(17)26/h2-9H,24-25H2,1H3. The van der Waals surface area contributed by atoms with Crippen molar-refractivity contribution in [1.82, 2.24) is 0 Å². The molecule has 1 aliphatic carbocycles. The number of hydrogen-bond donors (Lipinski definition) is 2. The number of ketones is 2. The number of hydrogen-bond acceptors (Lipinski definition) is 5. The quantitative estimate of drug-likeness (QED) is 0.509. The number of benzene rings is 3. The van der Waals surface area contributed by atoms with Crippen molar-refractivity contribution in [3.63, 3.8) is 0 Å². The van der Waals surface area contributed by atoms with Crippen molar-refractivity contribution >= 4 is 22.9 Å². The molecule has 0 amide bonds. The molecule has 0 spiro atoms. The first kappa shape index (κ1) is 16.6. The number of aryl methyl sites for hydroxylation is 1. The van der Waals surface area contributed by atoms with Crippen LogP contribution in [0.3, 0.4) is 0 Å². The van der Waals surface area contributed by atoms with Crippen molar-refractivity contribution < 1.29 is 9.59 Å². The van der Waals surface area contributed by atoms with Gasteiger partial charge in [0.2, 0.25) is 0 Å². The highest BCUT2D eigenvalue weighted by molar-refractivity contribution is 6.33. The molecule has 130 valence electrons. The van der Waals surface area contributed by atoms with E-state index >= 15 is 0 Å². The largest absolute Gasteiger partial charge is 0.397 e. The maximum Gasteiger partial charge on any atom is 0.196 e. The molecule has 0 saturated carbocycles. The molecule has 27 heavy (non-hydrogen) atoms. The molecule has 0 fully saturated rings. The van der Waals surface area contributed by atoms with Gasteiger partial charge in [-0.25, -0.2) is 0 Å². The Hall–Kier alpha value is -3.91. The molecular weight excluding hydrogens is 338 g/mol. The Morgan fingerprint density at radius 1 is 0.815 bits per heavy atom. The number of rotatable bonds is 1. The fraction of sp³-hybridized carbons (Fsp3) is 0.0455. The molecule has 5 nitrogen and oxygen atoms in total. The third-order valence-electron chi connectivity index (χ3n) is 4.87. The van der Waals surface area contributed by atoms with Crippen LogP contribution in [-0.2, 0) is 0 Å². The highest BCUT2D eigenvalue weighted by Gasteiger charge is 2.36. The number of fused-ring (bicyclic) bond motifs is 2. The Morgan fingerprint density at radius 2 is 1.41 bits per heavy atom. The normalized spacial score (nSPS) is 12.3. The van der Waals surface area contributed by atoms with E-state index in [0.717, 1.165) is 5.56 Å². The lowest BCUT2D eigenvalue weighted by molar-refractivity contribution is 0.0980. The van der Waals surface area contributed by atoms with Crippen molar-refractivity contribution in [3.8, 4) is 17.2 Å². The first-order chi connectivity index (χ1) is 13.0. The SMILES string of the molecule is Cc1cccc(-c2c(N)c(C#N)c(N)c3c2C(=O)c2ccccc2C3=O)c1. The molecular formula is C22H15N3O2. The van der Waals surface area contributed by atoms with E-state index in [2.05, 4.69) is 0 Å². The van der Waals surface area contributed by atoms with E-state index in [1.807, 2.05) is 31.2 Å². The van der Waals surface area contributed by atoms with Crippen LogP contribution in [0.1, 0.15) is 43.0 Å². The van der Waals surface area contributed by atoms with Gasteiger partial charge in [0.1, 0.15) is 6.07 Å². The van der Waals surface area contributed by atoms with Gasteiger partial charge in [-0.1, -0.05) is 54.1 Å². The first-order valence-corrected chi connectivity index (χ1v) is 8.36. The van der Waals surface area contributed by atoms with Crippen molar-refractivity contribution in [2.24, 2.45) is 0 Å². The summed E-state index contributed by atoms with van der Waals surface area (Å²) in [5.74, 6) is -0.692. The molecule has 0 aromatic heterocycles. The lowest BCUT2D eigenvalue weighted by Crippen LogP contribution is -2.25. The molecule has 0 bridgehead atoms. The van der Waals surface area contributed by atoms with Crippen LogP contribution in [0.4, 0.5) is 11.4 Å². The van der Waals surface area contributed by atoms with Gasteiger partial charge in [-0.3, -0.25) is 9.59 Å². The minimum absolute atomic E-state index is 0.0192. The molecule has 3 aromatic rings. The molecule has 0 radical (unpaired) electrons. The smallest absolute Gasteiger partial charge is 0.196 e. The molecule has 0 atom stereocenters. The van der Waals surface area contributed by atoms with E-state index in [9.17, 15) is 14.9 Å². The number of carbonyl (C=O) groups is 2. The first-order valence-electron chi connectivity index (χ1n) is 8.36. The van der Waals surface area contributed by atoms with Gasteiger partial charge in [0, 0.05) is 22.3 Å². The monoisotopic (exact) mass is 353 g/mol. The van der Waals surface area contributed by atoms with Crippen LogP contribution in [0.2, 0.25) is 0 Å². The number of nitrogens with zero attached hydrogens (tertiary/aromatic N) is 1. The van der Waals surface area contributed by atoms with E-state index in [1.165, 1.54) is 0 Å². The summed E-state index contributed by atoms with van der Waals surface area (Å²) in [4.78, 5) is 26.4. The molecule has 3 aromatic carbocycles. The summed E-state index contributed by atoms with van der Waals surface area (Å²) in [6, 6.07) is 16.0. The van der Waals surface area contributed by atoms with E-state index in [0.29, 0.717) is 16.7 Å². The lowest BCUT2D eigenvalue weighted by Gasteiger charge is -2.24. The maximum absolute atomic E-state index is 13.3. The average Bonchev–Trinajstić information content (AvgIpc) is 2.66. The number of nitriles is 1. The van der Waals surface area contributed by atoms with Gasteiger partial charge in [0.25, 0.3) is 0 Å². The third kappa shape index (κ3) is 2.24. The topological polar surface area (TPSA) is 110 Å². The van der Waals surface area contributed by atoms with Crippen molar-refractivity contribution in [1.29, 1.82) is 5.26 Å². The fourth-order valence-electron chi connectivity index (χ4n) is 3.62. The summed E-state index contributed by atoms with van der Waals surface area (Å²) in [5, 5.41) is 9.57. The van der Waals surface area contributed by atoms with Crippen LogP contribution >= 0.6 is 0 Å². The van der Waals surface area contributed by atoms with Crippen LogP contribution in [0, 0.1) is 18.3 Å². The molecule has 0 unspecified atom stereocenters. The van der Waals surface area contributed by atoms with Gasteiger partial charge in [-0.05, 0) is 12.5 Å². The Balaban J connectivity index is 2.18. The minimum Gasteiger partial charge on any atom is -0.397 e. The van der Waals surface area contributed by atoms with Gasteiger partial charge < -0.3 is 11.5 Å². The summed E-state index contributed by atoms with van der Waals surface area (Å²) < 4.78 is 0. The molecule has 1 aliphatic rings. The number of nitrogens with two attached hydrogens (primary N) is 2. The fourth-order valence-corrected chi connectivity index (χ4v) is 3.62. The van der Waals surface area contributed by atoms with Crippen LogP contribution in [0.5, 0.6) is 0 Å². The van der Waals surface area contributed by atoms with Crippen molar-refractivity contribution in [2.75, 3.05) is 11.5 Å². The zero-order valence-corrected chi connectivity index (χ0v) is 14.5. The lowest BCUT2D eigenvalue weighted by atomic mass is 9.77. The number of nitrogen functional groups attached to an aromatic ring is 2. The number of anilines is 2. The molecule has 0 aliphatic heterocycles. The van der Waals surface area contributed by atoms with Gasteiger partial charge in [-0.15, -0.1) is 0 Å². The van der Waals surface area contributed by atoms with Crippen LogP contribution in [0.15, 0.2) is 48.5 Å². The van der Waals surface area contributed by atoms with Crippen molar-refractivity contribution in [3.05, 3.63) is 81.9 Å². The average molecular weight is 353 g/mol. The summed E-state index contributed by atoms with van der Waals surface area (Å²) >= 11 is 0. The zero-order valence-electron chi connectivity index (χ0n) is 14.5. The van der Waals surface area contributed by atoms with Gasteiger partial charge in [0.05, 0.1) is 22.5 Å². The van der Waals surface area contributed by atoms with Gasteiger partial charge >= 0.3 is 0 Å². The molecule has 0 heterocycles. The second-order valence-electron chi connectivity index (χ2n) is 6.51. The van der Waals surface area contributed by atoms with Crippen molar-refractivity contribution in [2.45, 2.75) is 6.92 Å². The highest BCUT2D eigenvalue weighted by atomic mass is 16.1. The van der Waals surface area contributed by atoms with Crippen LogP contribution < -0.4 is 11.5 Å². The van der Waals surface area contributed by atoms with Crippen LogP contribution in [0.25, 0.3) is 11.1 Å². The molecule has 4 rings (SSSR count). The summed E-state index contributed by atoms with van der Waals surface area (Å²) in [6.07, 6.45) is 0. The highest BCUT2D eigenvalue weighted by Crippen LogP contribution is 2.43. The second-order valence-corrected chi connectivity index (χ2v) is 6.51. The minimum atomic E-state index is -0.372. The predicted molar refractivity (Wildman–Crippen MR) is 103 cm³/mol. The maximum atomic E-state index is 13.3. The Labute approximate surface area is 155 Å². The Morgan fingerprint density at radius 3 is 2.00 bits per heavy atom. The summed E-state index contributed by atoms with van der Waals surface area (Å²) in [7, 11) is 0. The van der Waals surface area contributed by atoms with Gasteiger partial charge in [-0.2, -0.15) is 5.26 Å². The third-order valence-corrected chi connectivity index (χ3v) is 4.87. The molecule has 4 N–H and O–H groups in total. The summed E-state index contributed by atoms with van der Waals surface area (Å²) in [6.45, 7) is 1.91. The Kier molecular flexibility index (Phi) is 3.57. The van der Waals surface area contributed by atoms with Crippen LogP contribution in [-0.4, -0.2) is 11.6 Å². The number of carbonyl (C=O) groups excluding carboxylic acids is 2.